The van der Waals surface area contributed by atoms with Crippen LogP contribution in [0.15, 0.2) is 42.5 Å². The van der Waals surface area contributed by atoms with E-state index >= 15 is 0 Å². The van der Waals surface area contributed by atoms with Crippen LogP contribution in [-0.4, -0.2) is 17.6 Å². The van der Waals surface area contributed by atoms with Crippen LogP contribution in [0.25, 0.3) is 10.9 Å². The molecule has 0 N–H and O–H groups in total. The van der Waals surface area contributed by atoms with Gasteiger partial charge < -0.3 is 4.74 Å². The summed E-state index contributed by atoms with van der Waals surface area (Å²) in [5.41, 5.74) is 3.82. The standard InChI is InChI=1S/C19H18INO2/c1-4-16-12(2)21(18-10-9-15(23-3)11-17(16)18)19(22)13-5-7-14(20)8-6-13/h5-11H,4H2,1-3H3. The van der Waals surface area contributed by atoms with E-state index in [0.717, 1.165) is 32.3 Å². The first kappa shape index (κ1) is 16.1. The molecule has 23 heavy (non-hydrogen) atoms. The fourth-order valence-electron chi connectivity index (χ4n) is 3.02. The molecule has 0 unspecified atom stereocenters. The number of carbonyl (C=O) groups excluding carboxylic acids is 1. The number of aromatic nitrogens is 1. The van der Waals surface area contributed by atoms with Crippen LogP contribution in [0.2, 0.25) is 0 Å². The Balaban J connectivity index is 2.22. The SMILES string of the molecule is CCc1c(C)n(C(=O)c2ccc(I)cc2)c2ccc(OC)cc12. The highest BCUT2D eigenvalue weighted by Gasteiger charge is 2.19. The fourth-order valence-corrected chi connectivity index (χ4v) is 3.38. The number of hydrogen-bond acceptors (Lipinski definition) is 2. The summed E-state index contributed by atoms with van der Waals surface area (Å²) in [6.07, 6.45) is 0.877. The van der Waals surface area contributed by atoms with Crippen LogP contribution < -0.4 is 4.74 Å². The number of benzene rings is 2. The Hall–Kier alpha value is -1.82. The molecule has 0 bridgehead atoms. The number of hydrogen-bond donors (Lipinski definition) is 0. The third-order valence-electron chi connectivity index (χ3n) is 4.19. The summed E-state index contributed by atoms with van der Waals surface area (Å²) in [7, 11) is 1.66. The molecule has 0 aliphatic carbocycles. The average molecular weight is 419 g/mol. The van der Waals surface area contributed by atoms with Crippen LogP contribution in [0.3, 0.4) is 0 Å². The first-order chi connectivity index (χ1) is 11.1. The molecule has 3 nitrogen and oxygen atoms in total. The molecule has 0 saturated heterocycles. The Morgan fingerprint density at radius 3 is 2.48 bits per heavy atom. The van der Waals surface area contributed by atoms with Crippen LogP contribution in [-0.2, 0) is 6.42 Å². The van der Waals surface area contributed by atoms with Crippen molar-refractivity contribution in [2.45, 2.75) is 20.3 Å². The summed E-state index contributed by atoms with van der Waals surface area (Å²) in [4.78, 5) is 13.0. The van der Waals surface area contributed by atoms with E-state index in [1.807, 2.05) is 54.0 Å². The van der Waals surface area contributed by atoms with Crippen molar-refractivity contribution in [1.82, 2.24) is 4.57 Å². The van der Waals surface area contributed by atoms with Gasteiger partial charge in [0.1, 0.15) is 5.75 Å². The first-order valence-corrected chi connectivity index (χ1v) is 8.63. The number of carbonyl (C=O) groups is 1. The van der Waals surface area contributed by atoms with Gasteiger partial charge in [-0.2, -0.15) is 0 Å². The van der Waals surface area contributed by atoms with Gasteiger partial charge in [0.05, 0.1) is 12.6 Å². The second-order valence-corrected chi connectivity index (χ2v) is 6.69. The third-order valence-corrected chi connectivity index (χ3v) is 4.91. The Bertz CT molecular complexity index is 879. The van der Waals surface area contributed by atoms with Crippen molar-refractivity contribution < 1.29 is 9.53 Å². The number of ether oxygens (including phenoxy) is 1. The van der Waals surface area contributed by atoms with Crippen LogP contribution in [0, 0.1) is 10.5 Å². The van der Waals surface area contributed by atoms with E-state index in [4.69, 9.17) is 4.74 Å². The lowest BCUT2D eigenvalue weighted by Crippen LogP contribution is -2.13. The Kier molecular flexibility index (Phi) is 4.43. The summed E-state index contributed by atoms with van der Waals surface area (Å²) in [6.45, 7) is 4.12. The summed E-state index contributed by atoms with van der Waals surface area (Å²) in [5, 5.41) is 1.09. The van der Waals surface area contributed by atoms with Gasteiger partial charge in [-0.3, -0.25) is 9.36 Å². The molecule has 3 rings (SSSR count). The Morgan fingerprint density at radius 2 is 1.87 bits per heavy atom. The van der Waals surface area contributed by atoms with Crippen molar-refractivity contribution in [3.63, 3.8) is 0 Å². The van der Waals surface area contributed by atoms with Gasteiger partial charge in [0.25, 0.3) is 5.91 Å². The Labute approximate surface area is 149 Å². The van der Waals surface area contributed by atoms with Crippen LogP contribution in [0.5, 0.6) is 5.75 Å². The molecule has 1 aromatic heterocycles. The van der Waals surface area contributed by atoms with E-state index in [2.05, 4.69) is 29.5 Å². The van der Waals surface area contributed by atoms with E-state index in [-0.39, 0.29) is 5.91 Å². The van der Waals surface area contributed by atoms with E-state index < -0.39 is 0 Å². The fraction of sp³-hybridized carbons (Fsp3) is 0.211. The lowest BCUT2D eigenvalue weighted by atomic mass is 10.1. The van der Waals surface area contributed by atoms with Crippen LogP contribution in [0.1, 0.15) is 28.5 Å². The second kappa shape index (κ2) is 6.35. The normalized spacial score (nSPS) is 11.0. The predicted octanol–water partition coefficient (Wildman–Crippen LogP) is 4.81. The predicted molar refractivity (Wildman–Crippen MR) is 101 cm³/mol. The minimum atomic E-state index is 0.00812. The number of fused-ring (bicyclic) bond motifs is 1. The quantitative estimate of drug-likeness (QED) is 0.571. The molecular weight excluding hydrogens is 401 g/mol. The Morgan fingerprint density at radius 1 is 1.17 bits per heavy atom. The highest BCUT2D eigenvalue weighted by atomic mass is 127. The molecule has 2 aromatic carbocycles. The van der Waals surface area contributed by atoms with E-state index in [0.29, 0.717) is 5.56 Å². The number of aryl methyl sites for hydroxylation is 1. The monoisotopic (exact) mass is 419 g/mol. The first-order valence-electron chi connectivity index (χ1n) is 7.55. The molecule has 118 valence electrons. The molecule has 4 heteroatoms. The molecule has 0 saturated carbocycles. The minimum Gasteiger partial charge on any atom is -0.497 e. The second-order valence-electron chi connectivity index (χ2n) is 5.45. The molecular formula is C19H18INO2. The molecule has 0 atom stereocenters. The van der Waals surface area contributed by atoms with Gasteiger partial charge in [0.2, 0.25) is 0 Å². The molecule has 1 heterocycles. The smallest absolute Gasteiger partial charge is 0.262 e. The molecule has 0 radical (unpaired) electrons. The maximum Gasteiger partial charge on any atom is 0.262 e. The number of halogens is 1. The van der Waals surface area contributed by atoms with Crippen LogP contribution >= 0.6 is 22.6 Å². The van der Waals surface area contributed by atoms with E-state index in [1.165, 1.54) is 5.56 Å². The molecule has 0 spiro atoms. The van der Waals surface area contributed by atoms with Crippen molar-refractivity contribution in [3.8, 4) is 5.75 Å². The zero-order valence-electron chi connectivity index (χ0n) is 13.4. The third kappa shape index (κ3) is 2.76. The van der Waals surface area contributed by atoms with Crippen molar-refractivity contribution in [1.29, 1.82) is 0 Å². The zero-order chi connectivity index (χ0) is 16.6. The van der Waals surface area contributed by atoms with Gasteiger partial charge in [-0.25, -0.2) is 0 Å². The lowest BCUT2D eigenvalue weighted by Gasteiger charge is -2.08. The summed E-state index contributed by atoms with van der Waals surface area (Å²) >= 11 is 2.24. The molecule has 0 fully saturated rings. The van der Waals surface area contributed by atoms with Gasteiger partial charge in [0.15, 0.2) is 0 Å². The lowest BCUT2D eigenvalue weighted by molar-refractivity contribution is 0.0963. The molecule has 0 amide bonds. The molecule has 3 aromatic rings. The van der Waals surface area contributed by atoms with Gasteiger partial charge >= 0.3 is 0 Å². The number of nitrogens with zero attached hydrogens (tertiary/aromatic N) is 1. The van der Waals surface area contributed by atoms with Crippen molar-refractivity contribution >= 4 is 39.4 Å². The molecule has 0 aliphatic rings. The van der Waals surface area contributed by atoms with Crippen molar-refractivity contribution in [2.24, 2.45) is 0 Å². The summed E-state index contributed by atoms with van der Waals surface area (Å²) in [5.74, 6) is 0.819. The number of rotatable bonds is 3. The summed E-state index contributed by atoms with van der Waals surface area (Å²) in [6, 6.07) is 13.6. The van der Waals surface area contributed by atoms with Gasteiger partial charge in [-0.05, 0) is 84.0 Å². The van der Waals surface area contributed by atoms with Crippen LogP contribution in [0.4, 0.5) is 0 Å². The van der Waals surface area contributed by atoms with Crippen molar-refractivity contribution in [3.05, 3.63) is 62.9 Å². The van der Waals surface area contributed by atoms with E-state index in [9.17, 15) is 4.79 Å². The maximum atomic E-state index is 13.0. The zero-order valence-corrected chi connectivity index (χ0v) is 15.5. The average Bonchev–Trinajstić information content (AvgIpc) is 2.85. The highest BCUT2D eigenvalue weighted by molar-refractivity contribution is 14.1. The van der Waals surface area contributed by atoms with Crippen molar-refractivity contribution in [2.75, 3.05) is 7.11 Å². The minimum absolute atomic E-state index is 0.00812. The largest absolute Gasteiger partial charge is 0.497 e. The number of methoxy groups -OCH3 is 1. The highest BCUT2D eigenvalue weighted by Crippen LogP contribution is 2.30. The maximum absolute atomic E-state index is 13.0. The topological polar surface area (TPSA) is 31.2 Å². The van der Waals surface area contributed by atoms with E-state index in [1.54, 1.807) is 7.11 Å². The van der Waals surface area contributed by atoms with Gasteiger partial charge in [-0.15, -0.1) is 0 Å². The summed E-state index contributed by atoms with van der Waals surface area (Å²) < 4.78 is 8.27. The van der Waals surface area contributed by atoms with Gasteiger partial charge in [-0.1, -0.05) is 6.92 Å². The van der Waals surface area contributed by atoms with Gasteiger partial charge in [0, 0.05) is 20.2 Å². The molecule has 0 aliphatic heterocycles.